The highest BCUT2D eigenvalue weighted by Gasteiger charge is 2.21. The molecule has 3 rings (SSSR count). The lowest BCUT2D eigenvalue weighted by Gasteiger charge is -2.17. The Kier molecular flexibility index (Phi) is 3.72. The van der Waals surface area contributed by atoms with E-state index >= 15 is 0 Å². The van der Waals surface area contributed by atoms with Crippen molar-refractivity contribution in [2.24, 2.45) is 11.8 Å². The first-order chi connectivity index (χ1) is 10.1. The van der Waals surface area contributed by atoms with E-state index in [1.807, 2.05) is 12.1 Å². The molecule has 0 unspecified atom stereocenters. The molecule has 1 amide bonds. The van der Waals surface area contributed by atoms with Crippen LogP contribution in [0.3, 0.4) is 0 Å². The van der Waals surface area contributed by atoms with Crippen LogP contribution < -0.4 is 11.3 Å². The first-order valence-corrected chi connectivity index (χ1v) is 7.76. The molecule has 0 spiro atoms. The van der Waals surface area contributed by atoms with Crippen molar-refractivity contribution < 1.29 is 4.79 Å². The summed E-state index contributed by atoms with van der Waals surface area (Å²) >= 11 is 0. The maximum atomic E-state index is 11.8. The third-order valence-corrected chi connectivity index (χ3v) is 4.32. The average Bonchev–Trinajstić information content (AvgIpc) is 2.80. The van der Waals surface area contributed by atoms with E-state index in [-0.39, 0.29) is 5.91 Å². The van der Waals surface area contributed by atoms with Crippen molar-refractivity contribution in [2.45, 2.75) is 46.1 Å². The van der Waals surface area contributed by atoms with Crippen molar-refractivity contribution in [2.75, 3.05) is 0 Å². The molecule has 1 aromatic heterocycles. The monoisotopic (exact) mass is 285 g/mol. The minimum Gasteiger partial charge on any atom is -0.344 e. The van der Waals surface area contributed by atoms with E-state index < -0.39 is 0 Å². The molecular formula is C17H23N3O. The fourth-order valence-electron chi connectivity index (χ4n) is 3.43. The molecule has 0 saturated carbocycles. The van der Waals surface area contributed by atoms with Crippen molar-refractivity contribution in [3.8, 4) is 0 Å². The number of hydrogen-bond acceptors (Lipinski definition) is 2. The number of nitrogens with one attached hydrogen (secondary N) is 1. The molecule has 4 heteroatoms. The van der Waals surface area contributed by atoms with Crippen molar-refractivity contribution in [1.29, 1.82) is 0 Å². The van der Waals surface area contributed by atoms with Gasteiger partial charge in [0, 0.05) is 28.7 Å². The average molecular weight is 285 g/mol. The van der Waals surface area contributed by atoms with Crippen LogP contribution in [-0.4, -0.2) is 10.5 Å². The highest BCUT2D eigenvalue weighted by molar-refractivity contribution is 5.99. The second kappa shape index (κ2) is 5.53. The Morgan fingerprint density at radius 3 is 2.81 bits per heavy atom. The third kappa shape index (κ3) is 2.44. The number of nitrogens with zero attached hydrogens (tertiary/aromatic N) is 1. The summed E-state index contributed by atoms with van der Waals surface area (Å²) in [5, 5.41) is 1.23. The molecule has 0 bridgehead atoms. The van der Waals surface area contributed by atoms with Crippen molar-refractivity contribution in [3.05, 3.63) is 35.0 Å². The summed E-state index contributed by atoms with van der Waals surface area (Å²) in [6.07, 6.45) is 4.76. The number of aryl methyl sites for hydroxylation is 1. The number of fused-ring (bicyclic) bond motifs is 3. The predicted molar refractivity (Wildman–Crippen MR) is 85.1 cm³/mol. The molecule has 112 valence electrons. The summed E-state index contributed by atoms with van der Waals surface area (Å²) in [5.74, 6) is 5.64. The van der Waals surface area contributed by atoms with Crippen LogP contribution in [0.4, 0.5) is 0 Å². The van der Waals surface area contributed by atoms with Gasteiger partial charge in [-0.15, -0.1) is 0 Å². The smallest absolute Gasteiger partial charge is 0.265 e. The van der Waals surface area contributed by atoms with Crippen LogP contribution in [-0.2, 0) is 19.4 Å². The van der Waals surface area contributed by atoms with Gasteiger partial charge in [-0.25, -0.2) is 5.84 Å². The van der Waals surface area contributed by atoms with E-state index in [9.17, 15) is 4.79 Å². The van der Waals surface area contributed by atoms with E-state index in [1.54, 1.807) is 0 Å². The van der Waals surface area contributed by atoms with Crippen LogP contribution in [0.2, 0.25) is 0 Å². The summed E-state index contributed by atoms with van der Waals surface area (Å²) < 4.78 is 2.46. The topological polar surface area (TPSA) is 60.0 Å². The lowest BCUT2D eigenvalue weighted by atomic mass is 9.95. The summed E-state index contributed by atoms with van der Waals surface area (Å²) in [5.41, 5.74) is 7.01. The molecule has 1 aromatic carbocycles. The number of hydrazine groups is 1. The van der Waals surface area contributed by atoms with Crippen LogP contribution in [0.25, 0.3) is 10.9 Å². The maximum absolute atomic E-state index is 11.8. The van der Waals surface area contributed by atoms with Gasteiger partial charge in [-0.1, -0.05) is 13.8 Å². The molecule has 0 saturated heterocycles. The second-order valence-electron chi connectivity index (χ2n) is 6.34. The number of amides is 1. The molecule has 0 radical (unpaired) electrons. The maximum Gasteiger partial charge on any atom is 0.265 e. The van der Waals surface area contributed by atoms with E-state index in [1.165, 1.54) is 35.0 Å². The van der Waals surface area contributed by atoms with E-state index in [0.29, 0.717) is 11.5 Å². The highest BCUT2D eigenvalue weighted by atomic mass is 16.2. The van der Waals surface area contributed by atoms with Crippen LogP contribution in [0.5, 0.6) is 0 Å². The number of carbonyl (C=O) groups excluding carboxylic acids is 1. The van der Waals surface area contributed by atoms with E-state index in [4.69, 9.17) is 5.84 Å². The summed E-state index contributed by atoms with van der Waals surface area (Å²) in [4.78, 5) is 11.8. The Labute approximate surface area is 125 Å². The van der Waals surface area contributed by atoms with Gasteiger partial charge in [0.25, 0.3) is 5.91 Å². The zero-order valence-corrected chi connectivity index (χ0v) is 12.8. The molecule has 1 aliphatic carbocycles. The van der Waals surface area contributed by atoms with Gasteiger partial charge in [0.2, 0.25) is 0 Å². The van der Waals surface area contributed by atoms with Gasteiger partial charge in [0.1, 0.15) is 0 Å². The molecule has 0 aliphatic heterocycles. The molecule has 0 atom stereocenters. The minimum atomic E-state index is -0.224. The molecule has 21 heavy (non-hydrogen) atoms. The second-order valence-corrected chi connectivity index (χ2v) is 6.34. The molecule has 1 aliphatic rings. The zero-order chi connectivity index (χ0) is 15.0. The summed E-state index contributed by atoms with van der Waals surface area (Å²) in [6, 6.07) is 5.94. The van der Waals surface area contributed by atoms with Crippen molar-refractivity contribution in [1.82, 2.24) is 9.99 Å². The van der Waals surface area contributed by atoms with Crippen molar-refractivity contribution >= 4 is 16.8 Å². The number of nitrogens with two attached hydrogens (primary N) is 1. The van der Waals surface area contributed by atoms with Crippen LogP contribution in [0.15, 0.2) is 18.2 Å². The van der Waals surface area contributed by atoms with Gasteiger partial charge in [0.05, 0.1) is 0 Å². The Hall–Kier alpha value is -1.81. The number of rotatable bonds is 3. The Morgan fingerprint density at radius 2 is 2.10 bits per heavy atom. The normalized spacial score (nSPS) is 14.5. The number of nitrogen functional groups attached to an aromatic ring is 1. The fourth-order valence-corrected chi connectivity index (χ4v) is 3.43. The largest absolute Gasteiger partial charge is 0.344 e. The number of hydrogen-bond donors (Lipinski definition) is 2. The van der Waals surface area contributed by atoms with Gasteiger partial charge in [-0.2, -0.15) is 0 Å². The lowest BCUT2D eigenvalue weighted by Crippen LogP contribution is -2.29. The van der Waals surface area contributed by atoms with Gasteiger partial charge >= 0.3 is 0 Å². The number of benzene rings is 1. The molecule has 4 nitrogen and oxygen atoms in total. The Bertz CT molecular complexity index is 685. The first kappa shape index (κ1) is 14.1. The molecule has 3 N–H and O–H groups in total. The summed E-state index contributed by atoms with van der Waals surface area (Å²) in [6.45, 7) is 5.53. The van der Waals surface area contributed by atoms with Crippen LogP contribution >= 0.6 is 0 Å². The van der Waals surface area contributed by atoms with Crippen LogP contribution in [0.1, 0.15) is 48.3 Å². The Balaban J connectivity index is 2.20. The first-order valence-electron chi connectivity index (χ1n) is 7.76. The minimum absolute atomic E-state index is 0.224. The van der Waals surface area contributed by atoms with Gasteiger partial charge in [0.15, 0.2) is 0 Å². The zero-order valence-electron chi connectivity index (χ0n) is 12.8. The van der Waals surface area contributed by atoms with Gasteiger partial charge in [-0.3, -0.25) is 10.2 Å². The molecule has 1 heterocycles. The lowest BCUT2D eigenvalue weighted by molar-refractivity contribution is 0.0954. The molecule has 0 fully saturated rings. The quantitative estimate of drug-likeness (QED) is 0.517. The SMILES string of the molecule is CC(C)Cn1c2c(c3cc(C(=O)NN)ccc31)CCCC2. The third-order valence-electron chi connectivity index (χ3n) is 4.32. The standard InChI is InChI=1S/C17H23N3O/c1-11(2)10-20-15-6-4-3-5-13(15)14-9-12(17(21)19-18)7-8-16(14)20/h7-9,11H,3-6,10,18H2,1-2H3,(H,19,21). The van der Waals surface area contributed by atoms with Crippen molar-refractivity contribution in [3.63, 3.8) is 0 Å². The molecule has 2 aromatic rings. The van der Waals surface area contributed by atoms with E-state index in [2.05, 4.69) is 29.9 Å². The fraction of sp³-hybridized carbons (Fsp3) is 0.471. The van der Waals surface area contributed by atoms with Gasteiger partial charge in [-0.05, 0) is 55.4 Å². The van der Waals surface area contributed by atoms with Crippen LogP contribution in [0, 0.1) is 5.92 Å². The highest BCUT2D eigenvalue weighted by Crippen LogP contribution is 2.33. The summed E-state index contributed by atoms with van der Waals surface area (Å²) in [7, 11) is 0. The number of carbonyl (C=O) groups is 1. The predicted octanol–water partition coefficient (Wildman–Crippen LogP) is 2.78. The van der Waals surface area contributed by atoms with E-state index in [0.717, 1.165) is 19.4 Å². The Morgan fingerprint density at radius 1 is 1.33 bits per heavy atom. The number of aromatic nitrogens is 1. The molecular weight excluding hydrogens is 262 g/mol. The van der Waals surface area contributed by atoms with Gasteiger partial charge < -0.3 is 4.57 Å².